The number of halogens is 1. The normalized spacial score (nSPS) is 14.6. The van der Waals surface area contributed by atoms with E-state index in [1.807, 2.05) is 12.1 Å². The molecule has 2 N–H and O–H groups in total. The molecule has 1 saturated heterocycles. The lowest BCUT2D eigenvalue weighted by Gasteiger charge is -2.32. The van der Waals surface area contributed by atoms with Gasteiger partial charge >= 0.3 is 0 Å². The van der Waals surface area contributed by atoms with Crippen LogP contribution in [0, 0.1) is 11.3 Å². The summed E-state index contributed by atoms with van der Waals surface area (Å²) >= 11 is 6.48. The fourth-order valence-corrected chi connectivity index (χ4v) is 4.17. The zero-order valence-electron chi connectivity index (χ0n) is 19.4. The molecule has 3 aromatic rings. The number of H-pyrrole nitrogens is 1. The third-order valence-corrected chi connectivity index (χ3v) is 6.33. The van der Waals surface area contributed by atoms with Gasteiger partial charge in [-0.05, 0) is 31.3 Å². The van der Waals surface area contributed by atoms with E-state index < -0.39 is 0 Å². The van der Waals surface area contributed by atoms with Gasteiger partial charge in [0.1, 0.15) is 24.2 Å². The van der Waals surface area contributed by atoms with Crippen molar-refractivity contribution in [2.24, 2.45) is 0 Å². The molecule has 34 heavy (non-hydrogen) atoms. The molecule has 0 bridgehead atoms. The summed E-state index contributed by atoms with van der Waals surface area (Å²) in [6.45, 7) is 5.87. The first-order valence-electron chi connectivity index (χ1n) is 11.2. The predicted molar refractivity (Wildman–Crippen MR) is 134 cm³/mol. The average molecular weight is 482 g/mol. The highest BCUT2D eigenvalue weighted by Crippen LogP contribution is 2.29. The Bertz CT molecular complexity index is 1260. The maximum Gasteiger partial charge on any atom is 0.253 e. The fraction of sp³-hybridized carbons (Fsp3) is 0.360. The van der Waals surface area contributed by atoms with Crippen LogP contribution in [0.1, 0.15) is 11.1 Å². The van der Waals surface area contributed by atoms with Gasteiger partial charge in [-0.3, -0.25) is 9.69 Å². The van der Waals surface area contributed by atoms with Crippen LogP contribution in [-0.2, 0) is 6.54 Å². The Hall–Kier alpha value is -3.25. The van der Waals surface area contributed by atoms with E-state index in [4.69, 9.17) is 26.3 Å². The Morgan fingerprint density at radius 3 is 2.68 bits per heavy atom. The standard InChI is InChI=1S/C25H28ClN5O3/c1-30-5-7-31(8-6-30)9-10-34-24-14-22-18(12-21(24)26)11-19(25(32)29-22)16-28-20-4-3-17(15-27)23(13-20)33-2/h3-4,11-14,28H,5-10,16H2,1-2H3,(H,29,32). The first-order valence-corrected chi connectivity index (χ1v) is 11.6. The monoisotopic (exact) mass is 481 g/mol. The zero-order valence-corrected chi connectivity index (χ0v) is 20.1. The molecule has 178 valence electrons. The molecule has 8 nitrogen and oxygen atoms in total. The number of likely N-dealkylation sites (N-methyl/N-ethyl adjacent to an activating group) is 1. The zero-order chi connectivity index (χ0) is 24.1. The summed E-state index contributed by atoms with van der Waals surface area (Å²) in [5.74, 6) is 1.04. The Morgan fingerprint density at radius 2 is 1.94 bits per heavy atom. The molecule has 1 aliphatic rings. The molecule has 0 amide bonds. The quantitative estimate of drug-likeness (QED) is 0.509. The highest BCUT2D eigenvalue weighted by atomic mass is 35.5. The summed E-state index contributed by atoms with van der Waals surface area (Å²) in [5, 5.41) is 13.7. The van der Waals surface area contributed by atoms with E-state index in [-0.39, 0.29) is 5.56 Å². The Morgan fingerprint density at radius 1 is 1.15 bits per heavy atom. The van der Waals surface area contributed by atoms with Crippen molar-refractivity contribution in [3.63, 3.8) is 0 Å². The number of nitrogens with zero attached hydrogens (tertiary/aromatic N) is 3. The van der Waals surface area contributed by atoms with Crippen LogP contribution < -0.4 is 20.3 Å². The molecular formula is C25H28ClN5O3. The van der Waals surface area contributed by atoms with Gasteiger partial charge in [0.25, 0.3) is 5.56 Å². The second kappa shape index (κ2) is 10.8. The third kappa shape index (κ3) is 5.62. The van der Waals surface area contributed by atoms with Crippen LogP contribution in [0.5, 0.6) is 11.5 Å². The van der Waals surface area contributed by atoms with Gasteiger partial charge in [-0.25, -0.2) is 0 Å². The maximum atomic E-state index is 12.7. The van der Waals surface area contributed by atoms with E-state index in [1.54, 1.807) is 24.3 Å². The number of fused-ring (bicyclic) bond motifs is 1. The van der Waals surface area contributed by atoms with Crippen molar-refractivity contribution < 1.29 is 9.47 Å². The third-order valence-electron chi connectivity index (χ3n) is 6.04. The first kappa shape index (κ1) is 23.9. The Labute approximate surface area is 203 Å². The number of pyridine rings is 1. The van der Waals surface area contributed by atoms with Gasteiger partial charge in [0.2, 0.25) is 0 Å². The molecule has 0 aliphatic carbocycles. The number of piperazine rings is 1. The van der Waals surface area contributed by atoms with Crippen LogP contribution in [0.4, 0.5) is 5.69 Å². The summed E-state index contributed by atoms with van der Waals surface area (Å²) in [4.78, 5) is 20.3. The number of methoxy groups -OCH3 is 1. The number of nitriles is 1. The molecule has 0 spiro atoms. The van der Waals surface area contributed by atoms with Gasteiger partial charge in [-0.15, -0.1) is 0 Å². The van der Waals surface area contributed by atoms with Gasteiger partial charge in [0.15, 0.2) is 0 Å². The molecule has 2 heterocycles. The van der Waals surface area contributed by atoms with Crippen molar-refractivity contribution in [2.45, 2.75) is 6.54 Å². The summed E-state index contributed by atoms with van der Waals surface area (Å²) in [7, 11) is 3.65. The molecule has 1 fully saturated rings. The molecule has 0 atom stereocenters. The van der Waals surface area contributed by atoms with E-state index in [0.29, 0.717) is 46.3 Å². The van der Waals surface area contributed by atoms with E-state index in [2.05, 4.69) is 33.2 Å². The molecule has 0 radical (unpaired) electrons. The smallest absolute Gasteiger partial charge is 0.253 e. The van der Waals surface area contributed by atoms with Crippen LogP contribution >= 0.6 is 11.6 Å². The minimum Gasteiger partial charge on any atom is -0.495 e. The van der Waals surface area contributed by atoms with Gasteiger partial charge in [0.05, 0.1) is 23.2 Å². The minimum atomic E-state index is -0.189. The van der Waals surface area contributed by atoms with E-state index >= 15 is 0 Å². The second-order valence-electron chi connectivity index (χ2n) is 8.37. The second-order valence-corrected chi connectivity index (χ2v) is 8.77. The number of anilines is 1. The Kier molecular flexibility index (Phi) is 7.58. The summed E-state index contributed by atoms with van der Waals surface area (Å²) in [5.41, 5.74) is 2.25. The molecular weight excluding hydrogens is 454 g/mol. The summed E-state index contributed by atoms with van der Waals surface area (Å²) in [6, 6.07) is 12.7. The van der Waals surface area contributed by atoms with Gasteiger partial charge in [0, 0.05) is 68.0 Å². The molecule has 2 aromatic carbocycles. The SMILES string of the molecule is COc1cc(NCc2cc3cc(Cl)c(OCCN4CCN(C)CC4)cc3[nH]c2=O)ccc1C#N. The van der Waals surface area contributed by atoms with Crippen molar-refractivity contribution in [1.29, 1.82) is 5.26 Å². The predicted octanol–water partition coefficient (Wildman–Crippen LogP) is 3.30. The van der Waals surface area contributed by atoms with Gasteiger partial charge in [-0.1, -0.05) is 11.6 Å². The van der Waals surface area contributed by atoms with Crippen LogP contribution in [0.15, 0.2) is 41.2 Å². The van der Waals surface area contributed by atoms with Gasteiger partial charge in [-0.2, -0.15) is 5.26 Å². The van der Waals surface area contributed by atoms with Crippen molar-refractivity contribution in [1.82, 2.24) is 14.8 Å². The number of hydrogen-bond acceptors (Lipinski definition) is 7. The highest BCUT2D eigenvalue weighted by Gasteiger charge is 2.14. The molecule has 1 aromatic heterocycles. The van der Waals surface area contributed by atoms with E-state index in [9.17, 15) is 4.79 Å². The summed E-state index contributed by atoms with van der Waals surface area (Å²) < 4.78 is 11.2. The number of nitrogens with one attached hydrogen (secondary N) is 2. The fourth-order valence-electron chi connectivity index (χ4n) is 3.94. The number of hydrogen-bond donors (Lipinski definition) is 2. The van der Waals surface area contributed by atoms with Crippen LogP contribution in [0.3, 0.4) is 0 Å². The number of aromatic amines is 1. The van der Waals surface area contributed by atoms with Crippen LogP contribution in [0.25, 0.3) is 10.9 Å². The van der Waals surface area contributed by atoms with Gasteiger partial charge < -0.3 is 24.7 Å². The lowest BCUT2D eigenvalue weighted by Crippen LogP contribution is -2.45. The van der Waals surface area contributed by atoms with Crippen LogP contribution in [0.2, 0.25) is 5.02 Å². The molecule has 0 unspecified atom stereocenters. The maximum absolute atomic E-state index is 12.7. The lowest BCUT2D eigenvalue weighted by molar-refractivity contribution is 0.134. The average Bonchev–Trinajstić information content (AvgIpc) is 2.84. The Balaban J connectivity index is 1.43. The molecule has 0 saturated carbocycles. The number of benzene rings is 2. The first-order chi connectivity index (χ1) is 16.5. The topological polar surface area (TPSA) is 93.6 Å². The number of rotatable bonds is 8. The molecule has 9 heteroatoms. The lowest BCUT2D eigenvalue weighted by atomic mass is 10.1. The molecule has 1 aliphatic heterocycles. The van der Waals surface area contributed by atoms with Crippen molar-refractivity contribution in [3.05, 3.63) is 62.9 Å². The van der Waals surface area contributed by atoms with Crippen molar-refractivity contribution in [2.75, 3.05) is 58.8 Å². The van der Waals surface area contributed by atoms with E-state index in [0.717, 1.165) is 43.8 Å². The summed E-state index contributed by atoms with van der Waals surface area (Å²) in [6.07, 6.45) is 0. The van der Waals surface area contributed by atoms with Crippen molar-refractivity contribution >= 4 is 28.2 Å². The van der Waals surface area contributed by atoms with E-state index in [1.165, 1.54) is 7.11 Å². The van der Waals surface area contributed by atoms with Crippen LogP contribution in [-0.4, -0.2) is 68.3 Å². The number of ether oxygens (including phenoxy) is 2. The highest BCUT2D eigenvalue weighted by molar-refractivity contribution is 6.32. The largest absolute Gasteiger partial charge is 0.495 e. The van der Waals surface area contributed by atoms with Crippen molar-refractivity contribution in [3.8, 4) is 17.6 Å². The number of aromatic nitrogens is 1. The minimum absolute atomic E-state index is 0.189. The molecule has 4 rings (SSSR count).